The summed E-state index contributed by atoms with van der Waals surface area (Å²) < 4.78 is 43.2. The number of rotatable bonds is 12. The minimum atomic E-state index is -3.51. The van der Waals surface area contributed by atoms with Gasteiger partial charge in [-0.25, -0.2) is 23.2 Å². The third kappa shape index (κ3) is 7.50. The van der Waals surface area contributed by atoms with E-state index in [1.165, 1.54) is 10.6 Å². The number of ether oxygens (including phenoxy) is 2. The fourth-order valence-corrected chi connectivity index (χ4v) is 8.72. The minimum absolute atomic E-state index is 0.169. The van der Waals surface area contributed by atoms with Gasteiger partial charge in [-0.3, -0.25) is 14.0 Å². The molecule has 3 aliphatic carbocycles. The molecule has 4 fully saturated rings. The molecule has 4 aromatic rings. The number of piperidine rings is 1. The minimum Gasteiger partial charge on any atom is -0.494 e. The zero-order valence-corrected chi connectivity index (χ0v) is 33.2. The van der Waals surface area contributed by atoms with E-state index in [1.54, 1.807) is 24.1 Å². The summed E-state index contributed by atoms with van der Waals surface area (Å²) in [6.07, 6.45) is 9.39. The molecule has 4 heterocycles. The summed E-state index contributed by atoms with van der Waals surface area (Å²) in [4.78, 5) is 41.9. The Balaban J connectivity index is 1.17. The van der Waals surface area contributed by atoms with Crippen LogP contribution in [0.3, 0.4) is 0 Å². The molecule has 0 N–H and O–H groups in total. The van der Waals surface area contributed by atoms with Crippen molar-refractivity contribution in [2.75, 3.05) is 37.3 Å². The summed E-state index contributed by atoms with van der Waals surface area (Å²) in [6.45, 7) is 7.91. The number of aromatic nitrogens is 4. The van der Waals surface area contributed by atoms with Crippen LogP contribution < -0.4 is 9.04 Å². The second-order valence-electron chi connectivity index (χ2n) is 17.0. The molecule has 2 amide bonds. The molecule has 1 aliphatic heterocycles. The first kappa shape index (κ1) is 36.6. The molecule has 0 spiro atoms. The number of pyridine rings is 1. The molecule has 1 aromatic carbocycles. The van der Waals surface area contributed by atoms with Crippen molar-refractivity contribution >= 4 is 49.9 Å². The number of likely N-dealkylation sites (tertiary alicyclic amines) is 1. The monoisotopic (exact) mass is 759 g/mol. The molecule has 0 unspecified atom stereocenters. The van der Waals surface area contributed by atoms with Gasteiger partial charge in [-0.05, 0) is 127 Å². The number of nitrogens with zero attached hydrogens (tertiary/aromatic N) is 7. The molecule has 54 heavy (non-hydrogen) atoms. The van der Waals surface area contributed by atoms with Gasteiger partial charge in [0, 0.05) is 44.2 Å². The van der Waals surface area contributed by atoms with Gasteiger partial charge in [0.05, 0.1) is 24.6 Å². The Morgan fingerprint density at radius 1 is 0.926 bits per heavy atom. The lowest BCUT2D eigenvalue weighted by molar-refractivity contribution is -0.0191. The first-order valence-corrected chi connectivity index (χ1v) is 21.4. The maximum Gasteiger partial charge on any atom is 0.411 e. The number of amides is 2. The van der Waals surface area contributed by atoms with Gasteiger partial charge in [-0.15, -0.1) is 0 Å². The zero-order chi connectivity index (χ0) is 38.1. The SMILES string of the molecule is COc1cc(C(=O)N2CCCC[C@H]2N(CC2CC2)C(=O)OC(C)(C)C)cc2nc(-c3cc4ccc(N(CC5CC5)S(C)(=O)=O)nc4n3CC3CC3)n(C)c12. The van der Waals surface area contributed by atoms with Crippen molar-refractivity contribution in [3.63, 3.8) is 0 Å². The van der Waals surface area contributed by atoms with Crippen molar-refractivity contribution < 1.29 is 27.5 Å². The van der Waals surface area contributed by atoms with Crippen molar-refractivity contribution in [3.8, 4) is 17.3 Å². The highest BCUT2D eigenvalue weighted by atomic mass is 32.2. The maximum absolute atomic E-state index is 14.5. The van der Waals surface area contributed by atoms with Crippen LogP contribution in [0.1, 0.15) is 88.9 Å². The quantitative estimate of drug-likeness (QED) is 0.154. The van der Waals surface area contributed by atoms with Gasteiger partial charge in [-0.2, -0.15) is 0 Å². The average Bonchev–Trinajstić information content (AvgIpc) is 4.01. The Morgan fingerprint density at radius 2 is 1.63 bits per heavy atom. The van der Waals surface area contributed by atoms with Crippen LogP contribution >= 0.6 is 0 Å². The molecule has 1 saturated heterocycles. The number of carbonyl (C=O) groups is 2. The summed E-state index contributed by atoms with van der Waals surface area (Å²) in [5.74, 6) is 2.80. The van der Waals surface area contributed by atoms with E-state index in [-0.39, 0.29) is 12.0 Å². The molecule has 8 rings (SSSR count). The number of hydrogen-bond acceptors (Lipinski definition) is 8. The highest BCUT2D eigenvalue weighted by molar-refractivity contribution is 7.92. The van der Waals surface area contributed by atoms with Crippen LogP contribution in [0.15, 0.2) is 30.3 Å². The first-order chi connectivity index (χ1) is 25.7. The Hall–Kier alpha value is -4.33. The van der Waals surface area contributed by atoms with Crippen LogP contribution in [-0.2, 0) is 28.4 Å². The van der Waals surface area contributed by atoms with Crippen molar-refractivity contribution in [1.82, 2.24) is 28.9 Å². The van der Waals surface area contributed by atoms with Crippen LogP contribution in [0.25, 0.3) is 33.6 Å². The van der Waals surface area contributed by atoms with E-state index in [2.05, 4.69) is 10.6 Å². The molecule has 4 aliphatic rings. The summed E-state index contributed by atoms with van der Waals surface area (Å²) in [5, 5.41) is 0.904. The van der Waals surface area contributed by atoms with E-state index in [9.17, 15) is 18.0 Å². The fraction of sp³-hybridized carbons (Fsp3) is 0.600. The smallest absolute Gasteiger partial charge is 0.411 e. The van der Waals surface area contributed by atoms with Crippen LogP contribution in [0, 0.1) is 17.8 Å². The second kappa shape index (κ2) is 13.8. The maximum atomic E-state index is 14.5. The third-order valence-electron chi connectivity index (χ3n) is 11.1. The molecule has 13 nitrogen and oxygen atoms in total. The molecule has 0 bridgehead atoms. The van der Waals surface area contributed by atoms with Gasteiger partial charge in [0.1, 0.15) is 34.5 Å². The average molecular weight is 760 g/mol. The number of sulfonamides is 1. The molecule has 1 atom stereocenters. The Bertz CT molecular complexity index is 2210. The van der Waals surface area contributed by atoms with Crippen molar-refractivity contribution in [2.45, 2.75) is 96.9 Å². The summed E-state index contributed by atoms with van der Waals surface area (Å²) in [6, 6.07) is 9.45. The van der Waals surface area contributed by atoms with Gasteiger partial charge in [0.2, 0.25) is 10.0 Å². The van der Waals surface area contributed by atoms with Gasteiger partial charge in [-0.1, -0.05) is 0 Å². The van der Waals surface area contributed by atoms with Crippen LogP contribution in [0.4, 0.5) is 10.6 Å². The van der Waals surface area contributed by atoms with Gasteiger partial charge >= 0.3 is 6.09 Å². The van der Waals surface area contributed by atoms with E-state index in [0.29, 0.717) is 72.3 Å². The zero-order valence-electron chi connectivity index (χ0n) is 32.4. The van der Waals surface area contributed by atoms with Gasteiger partial charge in [0.25, 0.3) is 5.91 Å². The lowest BCUT2D eigenvalue weighted by atomic mass is 10.0. The molecule has 0 radical (unpaired) electrons. The Labute approximate surface area is 317 Å². The second-order valence-corrected chi connectivity index (χ2v) is 18.9. The molecule has 290 valence electrons. The number of fused-ring (bicyclic) bond motifs is 2. The van der Waals surface area contributed by atoms with E-state index < -0.39 is 21.8 Å². The normalized spacial score (nSPS) is 19.4. The van der Waals surface area contributed by atoms with E-state index in [1.807, 2.05) is 49.4 Å². The largest absolute Gasteiger partial charge is 0.494 e. The highest BCUT2D eigenvalue weighted by Gasteiger charge is 2.40. The van der Waals surface area contributed by atoms with Gasteiger partial charge in [0.15, 0.2) is 5.82 Å². The Morgan fingerprint density at radius 3 is 2.28 bits per heavy atom. The van der Waals surface area contributed by atoms with Crippen molar-refractivity contribution in [1.29, 1.82) is 0 Å². The van der Waals surface area contributed by atoms with E-state index in [4.69, 9.17) is 19.4 Å². The summed E-state index contributed by atoms with van der Waals surface area (Å²) in [5.41, 5.74) is 2.78. The van der Waals surface area contributed by atoms with E-state index >= 15 is 0 Å². The predicted octanol–water partition coefficient (Wildman–Crippen LogP) is 6.78. The lowest BCUT2D eigenvalue weighted by Crippen LogP contribution is -2.56. The number of benzene rings is 1. The predicted molar refractivity (Wildman–Crippen MR) is 208 cm³/mol. The number of anilines is 1. The molecule has 14 heteroatoms. The van der Waals surface area contributed by atoms with Crippen molar-refractivity contribution in [3.05, 3.63) is 35.9 Å². The van der Waals surface area contributed by atoms with Crippen molar-refractivity contribution in [2.24, 2.45) is 24.8 Å². The summed E-state index contributed by atoms with van der Waals surface area (Å²) in [7, 11) is 0.0405. The summed E-state index contributed by atoms with van der Waals surface area (Å²) >= 11 is 0. The first-order valence-electron chi connectivity index (χ1n) is 19.5. The number of aryl methyl sites for hydroxylation is 1. The molecule has 3 saturated carbocycles. The fourth-order valence-electron chi connectivity index (χ4n) is 7.80. The number of carbonyl (C=O) groups excluding carboxylic acids is 2. The molecular formula is C40H53N7O6S. The number of methoxy groups -OCH3 is 1. The molecule has 3 aromatic heterocycles. The molecular weight excluding hydrogens is 707 g/mol. The lowest BCUT2D eigenvalue weighted by Gasteiger charge is -2.43. The van der Waals surface area contributed by atoms with Crippen LogP contribution in [0.2, 0.25) is 0 Å². The van der Waals surface area contributed by atoms with Crippen LogP contribution in [0.5, 0.6) is 5.75 Å². The standard InChI is InChI=1S/C40H53N7O6S/c1-40(2,3)53-39(49)46(23-26-12-13-26)34-9-7-8-18-44(34)38(48)29-19-30-35(32(21-29)52-5)43(4)37(41-30)31-20-28-16-17-33(42-36(28)45(31)22-25-10-11-25)47(54(6,50)51)24-27-14-15-27/h16-17,19-21,25-27,34H,7-15,18,22-24H2,1-6H3/t34-/m1/s1. The third-order valence-corrected chi connectivity index (χ3v) is 12.3. The number of hydrogen-bond donors (Lipinski definition) is 0. The van der Waals surface area contributed by atoms with Crippen LogP contribution in [-0.4, -0.2) is 94.1 Å². The highest BCUT2D eigenvalue weighted by Crippen LogP contribution is 2.40. The Kier molecular flexibility index (Phi) is 9.33. The van der Waals surface area contributed by atoms with Gasteiger partial charge < -0.3 is 23.5 Å². The van der Waals surface area contributed by atoms with E-state index in [0.717, 1.165) is 80.2 Å². The topological polar surface area (TPSA) is 132 Å². The number of imidazole rings is 1.